The first-order chi connectivity index (χ1) is 11.3. The van der Waals surface area contributed by atoms with Gasteiger partial charge in [0.1, 0.15) is 6.29 Å². The zero-order chi connectivity index (χ0) is 16.1. The van der Waals surface area contributed by atoms with Crippen LogP contribution >= 0.6 is 0 Å². The molecule has 1 heterocycles. The van der Waals surface area contributed by atoms with E-state index < -0.39 is 5.41 Å². The summed E-state index contributed by atoms with van der Waals surface area (Å²) in [5.41, 5.74) is 3.70. The Labute approximate surface area is 136 Å². The molecule has 3 rings (SSSR count). The predicted molar refractivity (Wildman–Crippen MR) is 88.4 cm³/mol. The van der Waals surface area contributed by atoms with Gasteiger partial charge in [-0.1, -0.05) is 48.5 Å². The standard InChI is InChI=1S/C20H19NO2/c21-15-20(8-10-23-11-9-20)19-3-1-2-18(13-19)12-16-4-6-17(14-22)7-5-16/h1-7,13-14H,8-12H2. The number of nitrogens with zero attached hydrogens (tertiary/aromatic N) is 1. The molecular weight excluding hydrogens is 286 g/mol. The van der Waals surface area contributed by atoms with Gasteiger partial charge in [0.05, 0.1) is 11.5 Å². The number of nitriles is 1. The summed E-state index contributed by atoms with van der Waals surface area (Å²) in [4.78, 5) is 10.7. The maximum absolute atomic E-state index is 10.7. The minimum atomic E-state index is -0.421. The highest BCUT2D eigenvalue weighted by Gasteiger charge is 2.34. The largest absolute Gasteiger partial charge is 0.381 e. The van der Waals surface area contributed by atoms with Crippen molar-refractivity contribution in [1.29, 1.82) is 5.26 Å². The number of ether oxygens (including phenoxy) is 1. The van der Waals surface area contributed by atoms with Crippen LogP contribution in [-0.2, 0) is 16.6 Å². The molecule has 0 aromatic heterocycles. The Kier molecular flexibility index (Phi) is 4.55. The van der Waals surface area contributed by atoms with Crippen LogP contribution in [0.25, 0.3) is 0 Å². The van der Waals surface area contributed by atoms with E-state index in [0.717, 1.165) is 36.7 Å². The number of hydrogen-bond donors (Lipinski definition) is 0. The Balaban J connectivity index is 1.84. The second kappa shape index (κ2) is 6.76. The molecule has 0 N–H and O–H groups in total. The Morgan fingerprint density at radius 2 is 1.83 bits per heavy atom. The Hall–Kier alpha value is -2.44. The molecule has 1 aliphatic rings. The van der Waals surface area contributed by atoms with Crippen LogP contribution in [0.1, 0.15) is 39.9 Å². The molecule has 2 aromatic carbocycles. The monoisotopic (exact) mass is 305 g/mol. The lowest BCUT2D eigenvalue weighted by atomic mass is 9.75. The Morgan fingerprint density at radius 1 is 1.09 bits per heavy atom. The molecule has 2 aromatic rings. The van der Waals surface area contributed by atoms with Gasteiger partial charge in [-0.2, -0.15) is 5.26 Å². The van der Waals surface area contributed by atoms with Crippen LogP contribution < -0.4 is 0 Å². The minimum absolute atomic E-state index is 0.421. The van der Waals surface area contributed by atoms with Crippen molar-refractivity contribution in [2.24, 2.45) is 0 Å². The molecule has 0 saturated carbocycles. The molecule has 0 radical (unpaired) electrons. The topological polar surface area (TPSA) is 50.1 Å². The molecule has 23 heavy (non-hydrogen) atoms. The van der Waals surface area contributed by atoms with Gasteiger partial charge in [-0.25, -0.2) is 0 Å². The summed E-state index contributed by atoms with van der Waals surface area (Å²) >= 11 is 0. The maximum atomic E-state index is 10.7. The van der Waals surface area contributed by atoms with Gasteiger partial charge in [-0.3, -0.25) is 4.79 Å². The zero-order valence-electron chi connectivity index (χ0n) is 13.0. The van der Waals surface area contributed by atoms with E-state index in [4.69, 9.17) is 4.74 Å². The molecule has 3 nitrogen and oxygen atoms in total. The van der Waals surface area contributed by atoms with Crippen LogP contribution in [0.3, 0.4) is 0 Å². The van der Waals surface area contributed by atoms with Gasteiger partial charge in [0.15, 0.2) is 0 Å². The number of benzene rings is 2. The molecule has 1 aliphatic heterocycles. The fraction of sp³-hybridized carbons (Fsp3) is 0.300. The molecule has 0 bridgehead atoms. The maximum Gasteiger partial charge on any atom is 0.150 e. The molecular formula is C20H19NO2. The fourth-order valence-corrected chi connectivity index (χ4v) is 3.11. The summed E-state index contributed by atoms with van der Waals surface area (Å²) < 4.78 is 5.42. The lowest BCUT2D eigenvalue weighted by Crippen LogP contribution is -2.32. The molecule has 1 saturated heterocycles. The zero-order valence-corrected chi connectivity index (χ0v) is 13.0. The lowest BCUT2D eigenvalue weighted by molar-refractivity contribution is 0.0675. The normalized spacial score (nSPS) is 16.5. The van der Waals surface area contributed by atoms with Gasteiger partial charge in [0, 0.05) is 18.8 Å². The van der Waals surface area contributed by atoms with Crippen molar-refractivity contribution in [2.45, 2.75) is 24.7 Å². The summed E-state index contributed by atoms with van der Waals surface area (Å²) in [5.74, 6) is 0. The van der Waals surface area contributed by atoms with Crippen LogP contribution in [0.2, 0.25) is 0 Å². The Bertz CT molecular complexity index is 722. The second-order valence-electron chi connectivity index (χ2n) is 6.04. The molecule has 0 atom stereocenters. The first kappa shape index (κ1) is 15.5. The number of aldehydes is 1. The van der Waals surface area contributed by atoms with Gasteiger partial charge < -0.3 is 4.74 Å². The van der Waals surface area contributed by atoms with Crippen molar-refractivity contribution in [3.8, 4) is 6.07 Å². The van der Waals surface area contributed by atoms with E-state index in [1.54, 1.807) is 0 Å². The SMILES string of the molecule is N#CC1(c2cccc(Cc3ccc(C=O)cc3)c2)CCOCC1. The average Bonchev–Trinajstić information content (AvgIpc) is 2.63. The highest BCUT2D eigenvalue weighted by atomic mass is 16.5. The molecule has 0 amide bonds. The lowest BCUT2D eigenvalue weighted by Gasteiger charge is -2.31. The molecule has 0 spiro atoms. The van der Waals surface area contributed by atoms with E-state index in [2.05, 4.69) is 18.2 Å². The molecule has 116 valence electrons. The first-order valence-electron chi connectivity index (χ1n) is 7.88. The second-order valence-corrected chi connectivity index (χ2v) is 6.04. The summed E-state index contributed by atoms with van der Waals surface area (Å²) in [6.07, 6.45) is 3.15. The summed E-state index contributed by atoms with van der Waals surface area (Å²) in [6.45, 7) is 1.29. The van der Waals surface area contributed by atoms with E-state index in [-0.39, 0.29) is 0 Å². The smallest absolute Gasteiger partial charge is 0.150 e. The van der Waals surface area contributed by atoms with E-state index in [1.165, 1.54) is 5.56 Å². The summed E-state index contributed by atoms with van der Waals surface area (Å²) in [7, 11) is 0. The van der Waals surface area contributed by atoms with Gasteiger partial charge in [0.25, 0.3) is 0 Å². The third-order valence-electron chi connectivity index (χ3n) is 4.56. The average molecular weight is 305 g/mol. The number of rotatable bonds is 4. The third kappa shape index (κ3) is 3.33. The van der Waals surface area contributed by atoms with E-state index in [1.807, 2.05) is 36.4 Å². The quantitative estimate of drug-likeness (QED) is 0.810. The minimum Gasteiger partial charge on any atom is -0.381 e. The van der Waals surface area contributed by atoms with Crippen molar-refractivity contribution in [3.63, 3.8) is 0 Å². The van der Waals surface area contributed by atoms with Crippen LogP contribution in [0, 0.1) is 11.3 Å². The molecule has 3 heteroatoms. The van der Waals surface area contributed by atoms with Gasteiger partial charge >= 0.3 is 0 Å². The van der Waals surface area contributed by atoms with Gasteiger partial charge in [-0.05, 0) is 36.0 Å². The van der Waals surface area contributed by atoms with E-state index in [0.29, 0.717) is 18.8 Å². The van der Waals surface area contributed by atoms with Crippen molar-refractivity contribution < 1.29 is 9.53 Å². The molecule has 0 unspecified atom stereocenters. The number of carbonyl (C=O) groups excluding carboxylic acids is 1. The van der Waals surface area contributed by atoms with E-state index >= 15 is 0 Å². The number of carbonyl (C=O) groups is 1. The summed E-state index contributed by atoms with van der Waals surface area (Å²) in [5, 5.41) is 9.69. The molecule has 0 aliphatic carbocycles. The van der Waals surface area contributed by atoms with Crippen molar-refractivity contribution in [3.05, 3.63) is 70.8 Å². The Morgan fingerprint density at radius 3 is 2.48 bits per heavy atom. The fourth-order valence-electron chi connectivity index (χ4n) is 3.11. The van der Waals surface area contributed by atoms with Crippen molar-refractivity contribution >= 4 is 6.29 Å². The van der Waals surface area contributed by atoms with Gasteiger partial charge in [-0.15, -0.1) is 0 Å². The van der Waals surface area contributed by atoms with E-state index in [9.17, 15) is 10.1 Å². The van der Waals surface area contributed by atoms with Crippen LogP contribution in [0.5, 0.6) is 0 Å². The summed E-state index contributed by atoms with van der Waals surface area (Å²) in [6, 6.07) is 18.4. The highest BCUT2D eigenvalue weighted by Crippen LogP contribution is 2.34. The highest BCUT2D eigenvalue weighted by molar-refractivity contribution is 5.74. The van der Waals surface area contributed by atoms with Crippen molar-refractivity contribution in [1.82, 2.24) is 0 Å². The van der Waals surface area contributed by atoms with Crippen molar-refractivity contribution in [2.75, 3.05) is 13.2 Å². The van der Waals surface area contributed by atoms with Crippen LogP contribution in [0.15, 0.2) is 48.5 Å². The molecule has 1 fully saturated rings. The van der Waals surface area contributed by atoms with Crippen LogP contribution in [-0.4, -0.2) is 19.5 Å². The first-order valence-corrected chi connectivity index (χ1v) is 7.88. The van der Waals surface area contributed by atoms with Crippen LogP contribution in [0.4, 0.5) is 0 Å². The number of hydrogen-bond acceptors (Lipinski definition) is 3. The predicted octanol–water partition coefficient (Wildman–Crippen LogP) is 3.66. The third-order valence-corrected chi connectivity index (χ3v) is 4.56. The van der Waals surface area contributed by atoms with Gasteiger partial charge in [0.2, 0.25) is 0 Å².